The fourth-order valence-electron chi connectivity index (χ4n) is 1.66. The Morgan fingerprint density at radius 3 is 2.84 bits per heavy atom. The van der Waals surface area contributed by atoms with Gasteiger partial charge in [-0.3, -0.25) is 4.98 Å². The average molecular weight is 321 g/mol. The highest BCUT2D eigenvalue weighted by Gasteiger charge is 2.07. The summed E-state index contributed by atoms with van der Waals surface area (Å²) in [6, 6.07) is 6.87. The fourth-order valence-corrected chi connectivity index (χ4v) is 2.18. The number of hydrogen-bond acceptors (Lipinski definition) is 3. The molecule has 4 nitrogen and oxygen atoms in total. The molecule has 2 rings (SSSR count). The first-order valence-corrected chi connectivity index (χ1v) is 6.53. The van der Waals surface area contributed by atoms with E-state index in [1.165, 1.54) is 5.56 Å². The molecular formula is C14H13BrN2O2. The minimum absolute atomic E-state index is 0.259. The standard InChI is InChI=1S/C14H13BrN2O2/c1-9-4-5-16-7-11(9)8-17-13-3-2-10(14(18)19)6-12(13)15/h2-7,17H,8H2,1H3,(H,18,19). The molecule has 0 fully saturated rings. The zero-order valence-electron chi connectivity index (χ0n) is 10.4. The fraction of sp³-hybridized carbons (Fsp3) is 0.143. The summed E-state index contributed by atoms with van der Waals surface area (Å²) >= 11 is 3.37. The molecule has 0 unspecified atom stereocenters. The number of halogens is 1. The summed E-state index contributed by atoms with van der Waals surface area (Å²) in [7, 11) is 0. The Labute approximate surface area is 119 Å². The van der Waals surface area contributed by atoms with Gasteiger partial charge in [0.1, 0.15) is 0 Å². The SMILES string of the molecule is Cc1ccncc1CNc1ccc(C(=O)O)cc1Br. The molecule has 0 aliphatic rings. The Morgan fingerprint density at radius 1 is 1.42 bits per heavy atom. The number of carboxylic acid groups (broad SMARTS) is 1. The van der Waals surface area contributed by atoms with Gasteiger partial charge in [-0.1, -0.05) is 0 Å². The predicted octanol–water partition coefficient (Wildman–Crippen LogP) is 3.46. The first-order valence-electron chi connectivity index (χ1n) is 5.74. The van der Waals surface area contributed by atoms with Gasteiger partial charge in [0, 0.05) is 29.1 Å². The van der Waals surface area contributed by atoms with E-state index in [2.05, 4.69) is 26.2 Å². The number of nitrogens with one attached hydrogen (secondary N) is 1. The van der Waals surface area contributed by atoms with Crippen molar-refractivity contribution in [3.8, 4) is 0 Å². The molecule has 0 radical (unpaired) electrons. The molecule has 2 aromatic rings. The van der Waals surface area contributed by atoms with Gasteiger partial charge in [0.05, 0.1) is 5.56 Å². The van der Waals surface area contributed by atoms with Gasteiger partial charge in [0.25, 0.3) is 0 Å². The smallest absolute Gasteiger partial charge is 0.335 e. The second-order valence-electron chi connectivity index (χ2n) is 4.16. The van der Waals surface area contributed by atoms with Crippen LogP contribution in [-0.4, -0.2) is 16.1 Å². The molecule has 0 aliphatic heterocycles. The number of aryl methyl sites for hydroxylation is 1. The van der Waals surface area contributed by atoms with Crippen LogP contribution in [0, 0.1) is 6.92 Å². The van der Waals surface area contributed by atoms with Crippen molar-refractivity contribution < 1.29 is 9.90 Å². The summed E-state index contributed by atoms with van der Waals surface area (Å²) < 4.78 is 0.731. The number of pyridine rings is 1. The van der Waals surface area contributed by atoms with Gasteiger partial charge in [0.15, 0.2) is 0 Å². The molecule has 0 saturated carbocycles. The largest absolute Gasteiger partial charge is 0.478 e. The Hall–Kier alpha value is -1.88. The van der Waals surface area contributed by atoms with Crippen molar-refractivity contribution in [3.63, 3.8) is 0 Å². The van der Waals surface area contributed by atoms with Crippen LogP contribution < -0.4 is 5.32 Å². The molecule has 1 heterocycles. The molecule has 5 heteroatoms. The Kier molecular flexibility index (Phi) is 4.16. The van der Waals surface area contributed by atoms with Crippen LogP contribution in [0.5, 0.6) is 0 Å². The van der Waals surface area contributed by atoms with Crippen molar-refractivity contribution in [2.24, 2.45) is 0 Å². The van der Waals surface area contributed by atoms with Crippen molar-refractivity contribution in [3.05, 3.63) is 57.8 Å². The number of aromatic carboxylic acids is 1. The van der Waals surface area contributed by atoms with Gasteiger partial charge in [0.2, 0.25) is 0 Å². The summed E-state index contributed by atoms with van der Waals surface area (Å²) in [5, 5.41) is 12.2. The van der Waals surface area contributed by atoms with Crippen LogP contribution in [0.1, 0.15) is 21.5 Å². The van der Waals surface area contributed by atoms with E-state index in [9.17, 15) is 4.79 Å². The summed E-state index contributed by atoms with van der Waals surface area (Å²) in [4.78, 5) is 14.9. The van der Waals surface area contributed by atoms with Crippen molar-refractivity contribution >= 4 is 27.6 Å². The molecule has 0 saturated heterocycles. The van der Waals surface area contributed by atoms with Crippen LogP contribution >= 0.6 is 15.9 Å². The lowest BCUT2D eigenvalue weighted by Gasteiger charge is -2.10. The van der Waals surface area contributed by atoms with E-state index in [0.29, 0.717) is 6.54 Å². The summed E-state index contributed by atoms with van der Waals surface area (Å²) in [6.07, 6.45) is 3.58. The second-order valence-corrected chi connectivity index (χ2v) is 5.01. The zero-order chi connectivity index (χ0) is 13.8. The van der Waals surface area contributed by atoms with Crippen LogP contribution in [0.2, 0.25) is 0 Å². The minimum atomic E-state index is -0.935. The van der Waals surface area contributed by atoms with E-state index >= 15 is 0 Å². The third-order valence-electron chi connectivity index (χ3n) is 2.83. The van der Waals surface area contributed by atoms with Crippen LogP contribution in [0.25, 0.3) is 0 Å². The maximum atomic E-state index is 10.8. The third kappa shape index (κ3) is 3.32. The Morgan fingerprint density at radius 2 is 2.21 bits per heavy atom. The lowest BCUT2D eigenvalue weighted by atomic mass is 10.1. The van der Waals surface area contributed by atoms with Gasteiger partial charge in [-0.25, -0.2) is 4.79 Å². The van der Waals surface area contributed by atoms with Gasteiger partial charge in [-0.2, -0.15) is 0 Å². The van der Waals surface area contributed by atoms with E-state index in [1.807, 2.05) is 19.2 Å². The summed E-state index contributed by atoms with van der Waals surface area (Å²) in [5.74, 6) is -0.935. The van der Waals surface area contributed by atoms with Crippen LogP contribution in [0.4, 0.5) is 5.69 Å². The van der Waals surface area contributed by atoms with Crippen LogP contribution in [0.15, 0.2) is 41.1 Å². The molecule has 0 atom stereocenters. The number of carbonyl (C=O) groups is 1. The number of benzene rings is 1. The maximum Gasteiger partial charge on any atom is 0.335 e. The van der Waals surface area contributed by atoms with Crippen molar-refractivity contribution in [1.82, 2.24) is 4.98 Å². The zero-order valence-corrected chi connectivity index (χ0v) is 11.9. The summed E-state index contributed by atoms with van der Waals surface area (Å²) in [6.45, 7) is 2.67. The number of carboxylic acids is 1. The molecular weight excluding hydrogens is 308 g/mol. The van der Waals surface area contributed by atoms with Crippen LogP contribution in [0.3, 0.4) is 0 Å². The summed E-state index contributed by atoms with van der Waals surface area (Å²) in [5.41, 5.74) is 3.39. The van der Waals surface area contributed by atoms with E-state index in [1.54, 1.807) is 24.4 Å². The maximum absolute atomic E-state index is 10.8. The second kappa shape index (κ2) is 5.84. The third-order valence-corrected chi connectivity index (χ3v) is 3.49. The van der Waals surface area contributed by atoms with E-state index in [-0.39, 0.29) is 5.56 Å². The molecule has 0 aliphatic carbocycles. The quantitative estimate of drug-likeness (QED) is 0.905. The molecule has 1 aromatic carbocycles. The van der Waals surface area contributed by atoms with Gasteiger partial charge in [-0.15, -0.1) is 0 Å². The van der Waals surface area contributed by atoms with Gasteiger partial charge >= 0.3 is 5.97 Å². The molecule has 1 aromatic heterocycles. The van der Waals surface area contributed by atoms with Gasteiger partial charge < -0.3 is 10.4 Å². The Bertz CT molecular complexity index is 614. The molecule has 98 valence electrons. The molecule has 0 bridgehead atoms. The monoisotopic (exact) mass is 320 g/mol. The lowest BCUT2D eigenvalue weighted by molar-refractivity contribution is 0.0697. The highest BCUT2D eigenvalue weighted by Crippen LogP contribution is 2.24. The molecule has 0 amide bonds. The van der Waals surface area contributed by atoms with Crippen molar-refractivity contribution in [2.75, 3.05) is 5.32 Å². The average Bonchev–Trinajstić information content (AvgIpc) is 2.39. The Balaban J connectivity index is 2.12. The highest BCUT2D eigenvalue weighted by molar-refractivity contribution is 9.10. The molecule has 0 spiro atoms. The number of rotatable bonds is 4. The van der Waals surface area contributed by atoms with Gasteiger partial charge in [-0.05, 0) is 58.2 Å². The highest BCUT2D eigenvalue weighted by atomic mass is 79.9. The molecule has 2 N–H and O–H groups in total. The van der Waals surface area contributed by atoms with E-state index in [0.717, 1.165) is 15.7 Å². The number of hydrogen-bond donors (Lipinski definition) is 2. The van der Waals surface area contributed by atoms with Crippen molar-refractivity contribution in [1.29, 1.82) is 0 Å². The molecule has 19 heavy (non-hydrogen) atoms. The van der Waals surface area contributed by atoms with Crippen LogP contribution in [-0.2, 0) is 6.54 Å². The minimum Gasteiger partial charge on any atom is -0.478 e. The number of anilines is 1. The first kappa shape index (κ1) is 13.5. The normalized spacial score (nSPS) is 10.2. The number of nitrogens with zero attached hydrogens (tertiary/aromatic N) is 1. The number of aromatic nitrogens is 1. The lowest BCUT2D eigenvalue weighted by Crippen LogP contribution is -2.03. The van der Waals surface area contributed by atoms with E-state index < -0.39 is 5.97 Å². The first-order chi connectivity index (χ1) is 9.08. The topological polar surface area (TPSA) is 62.2 Å². The van der Waals surface area contributed by atoms with E-state index in [4.69, 9.17) is 5.11 Å². The van der Waals surface area contributed by atoms with Crippen molar-refractivity contribution in [2.45, 2.75) is 13.5 Å². The predicted molar refractivity (Wildman–Crippen MR) is 77.4 cm³/mol.